The van der Waals surface area contributed by atoms with Crippen LogP contribution in [0.1, 0.15) is 52.4 Å². The van der Waals surface area contributed by atoms with Gasteiger partial charge in [-0.15, -0.1) is 0 Å². The first kappa shape index (κ1) is 18.4. The number of hydrogen-bond acceptors (Lipinski definition) is 5. The standard InChI is InChI=1S/C15H29NO4S/c1-14(2,11-16)6-4-5-9-21(18,19)12-15(7-8-15)10-13(17)20-3/h4-12,16H2,1-3H3. The van der Waals surface area contributed by atoms with Gasteiger partial charge in [-0.3, -0.25) is 4.79 Å². The summed E-state index contributed by atoms with van der Waals surface area (Å²) in [5.74, 6) is 0.0128. The number of rotatable bonds is 10. The molecule has 0 aliphatic heterocycles. The van der Waals surface area contributed by atoms with Crippen LogP contribution < -0.4 is 5.73 Å². The number of carbonyl (C=O) groups is 1. The van der Waals surface area contributed by atoms with Crippen LogP contribution in [0.4, 0.5) is 0 Å². The first-order valence-corrected chi connectivity index (χ1v) is 9.43. The lowest BCUT2D eigenvalue weighted by Gasteiger charge is -2.22. The van der Waals surface area contributed by atoms with Crippen molar-refractivity contribution in [1.82, 2.24) is 0 Å². The van der Waals surface area contributed by atoms with Crippen molar-refractivity contribution in [2.75, 3.05) is 25.2 Å². The summed E-state index contributed by atoms with van der Waals surface area (Å²) < 4.78 is 29.0. The molecule has 0 spiro atoms. The Bertz CT molecular complexity index is 452. The van der Waals surface area contributed by atoms with Gasteiger partial charge < -0.3 is 10.5 Å². The van der Waals surface area contributed by atoms with E-state index in [2.05, 4.69) is 18.6 Å². The van der Waals surface area contributed by atoms with Gasteiger partial charge in [-0.2, -0.15) is 0 Å². The molecule has 0 saturated heterocycles. The van der Waals surface area contributed by atoms with Crippen molar-refractivity contribution < 1.29 is 17.9 Å². The summed E-state index contributed by atoms with van der Waals surface area (Å²) in [6, 6.07) is 0. The summed E-state index contributed by atoms with van der Waals surface area (Å²) in [7, 11) is -1.75. The molecule has 2 N–H and O–H groups in total. The van der Waals surface area contributed by atoms with Gasteiger partial charge in [0.2, 0.25) is 0 Å². The lowest BCUT2D eigenvalue weighted by molar-refractivity contribution is -0.141. The van der Waals surface area contributed by atoms with Gasteiger partial charge in [-0.1, -0.05) is 20.3 Å². The molecule has 1 saturated carbocycles. The Kier molecular flexibility index (Phi) is 6.23. The van der Waals surface area contributed by atoms with Crippen molar-refractivity contribution in [3.63, 3.8) is 0 Å². The zero-order valence-electron chi connectivity index (χ0n) is 13.5. The number of carbonyl (C=O) groups excluding carboxylic acids is 1. The Morgan fingerprint density at radius 3 is 2.38 bits per heavy atom. The van der Waals surface area contributed by atoms with Gasteiger partial charge in [-0.05, 0) is 43.1 Å². The third-order valence-corrected chi connectivity index (χ3v) is 6.30. The second-order valence-corrected chi connectivity index (χ2v) is 9.35. The minimum Gasteiger partial charge on any atom is -0.469 e. The van der Waals surface area contributed by atoms with E-state index in [4.69, 9.17) is 5.73 Å². The fourth-order valence-corrected chi connectivity index (χ4v) is 4.61. The number of unbranched alkanes of at least 4 members (excludes halogenated alkanes) is 1. The minimum absolute atomic E-state index is 0.0758. The van der Waals surface area contributed by atoms with Crippen molar-refractivity contribution in [2.24, 2.45) is 16.6 Å². The summed E-state index contributed by atoms with van der Waals surface area (Å²) >= 11 is 0. The number of hydrogen-bond donors (Lipinski definition) is 1. The molecule has 5 nitrogen and oxygen atoms in total. The van der Waals surface area contributed by atoms with E-state index < -0.39 is 9.84 Å². The van der Waals surface area contributed by atoms with Crippen LogP contribution in [-0.2, 0) is 19.4 Å². The van der Waals surface area contributed by atoms with Crippen molar-refractivity contribution in [2.45, 2.75) is 52.4 Å². The highest BCUT2D eigenvalue weighted by atomic mass is 32.2. The molecule has 1 fully saturated rings. The number of methoxy groups -OCH3 is 1. The Morgan fingerprint density at radius 1 is 1.29 bits per heavy atom. The maximum Gasteiger partial charge on any atom is 0.306 e. The molecule has 0 bridgehead atoms. The largest absolute Gasteiger partial charge is 0.469 e. The van der Waals surface area contributed by atoms with Gasteiger partial charge in [-0.25, -0.2) is 8.42 Å². The molecular formula is C15H29NO4S. The van der Waals surface area contributed by atoms with E-state index in [9.17, 15) is 13.2 Å². The summed E-state index contributed by atoms with van der Waals surface area (Å²) in [5.41, 5.74) is 5.39. The van der Waals surface area contributed by atoms with Crippen molar-refractivity contribution in [3.05, 3.63) is 0 Å². The molecule has 0 aromatic heterocycles. The van der Waals surface area contributed by atoms with Crippen molar-refractivity contribution >= 4 is 15.8 Å². The lowest BCUT2D eigenvalue weighted by atomic mass is 9.88. The normalized spacial score (nSPS) is 17.5. The maximum absolute atomic E-state index is 12.2. The molecule has 0 unspecified atom stereocenters. The fraction of sp³-hybridized carbons (Fsp3) is 0.933. The highest BCUT2D eigenvalue weighted by Gasteiger charge is 2.47. The Labute approximate surface area is 128 Å². The fourth-order valence-electron chi connectivity index (χ4n) is 2.49. The van der Waals surface area contributed by atoms with E-state index in [1.807, 2.05) is 0 Å². The zero-order chi connectivity index (χ0) is 16.1. The predicted molar refractivity (Wildman–Crippen MR) is 83.6 cm³/mol. The van der Waals surface area contributed by atoms with Gasteiger partial charge in [0.05, 0.1) is 25.0 Å². The predicted octanol–water partition coefficient (Wildman–Crippen LogP) is 1.90. The summed E-state index contributed by atoms with van der Waals surface area (Å²) in [6.07, 6.45) is 4.31. The zero-order valence-corrected chi connectivity index (χ0v) is 14.3. The van der Waals surface area contributed by atoms with Crippen LogP contribution >= 0.6 is 0 Å². The molecule has 124 valence electrons. The van der Waals surface area contributed by atoms with Gasteiger partial charge in [0.15, 0.2) is 9.84 Å². The average Bonchev–Trinajstić information content (AvgIpc) is 3.13. The smallest absolute Gasteiger partial charge is 0.306 e. The first-order valence-electron chi connectivity index (χ1n) is 7.61. The molecule has 0 aromatic carbocycles. The quantitative estimate of drug-likeness (QED) is 0.491. The Hall–Kier alpha value is -0.620. The van der Waals surface area contributed by atoms with Crippen LogP contribution in [0.5, 0.6) is 0 Å². The number of sulfone groups is 1. The summed E-state index contributed by atoms with van der Waals surface area (Å²) in [6.45, 7) is 4.80. The third kappa shape index (κ3) is 6.78. The Morgan fingerprint density at radius 2 is 1.90 bits per heavy atom. The second-order valence-electron chi connectivity index (χ2n) is 7.17. The molecule has 6 heteroatoms. The summed E-state index contributed by atoms with van der Waals surface area (Å²) in [5, 5.41) is 0. The average molecular weight is 319 g/mol. The highest BCUT2D eigenvalue weighted by Crippen LogP contribution is 2.50. The molecular weight excluding hydrogens is 290 g/mol. The Balaban J connectivity index is 2.36. The van der Waals surface area contributed by atoms with Crippen LogP contribution in [0.15, 0.2) is 0 Å². The van der Waals surface area contributed by atoms with Crippen LogP contribution in [-0.4, -0.2) is 39.5 Å². The van der Waals surface area contributed by atoms with Crippen LogP contribution in [0.2, 0.25) is 0 Å². The third-order valence-electron chi connectivity index (χ3n) is 4.34. The number of nitrogens with two attached hydrogens (primary N) is 1. The topological polar surface area (TPSA) is 86.5 Å². The second kappa shape index (κ2) is 7.09. The maximum atomic E-state index is 12.2. The molecule has 0 aromatic rings. The van der Waals surface area contributed by atoms with Gasteiger partial charge >= 0.3 is 5.97 Å². The summed E-state index contributed by atoms with van der Waals surface area (Å²) in [4.78, 5) is 11.3. The van der Waals surface area contributed by atoms with E-state index in [0.717, 1.165) is 25.7 Å². The molecule has 0 radical (unpaired) electrons. The molecule has 1 aliphatic carbocycles. The van der Waals surface area contributed by atoms with Crippen molar-refractivity contribution in [1.29, 1.82) is 0 Å². The molecule has 0 amide bonds. The lowest BCUT2D eigenvalue weighted by Crippen LogP contribution is -2.25. The van der Waals surface area contributed by atoms with Gasteiger partial charge in [0.25, 0.3) is 0 Å². The first-order chi connectivity index (χ1) is 9.64. The van der Waals surface area contributed by atoms with E-state index in [1.165, 1.54) is 7.11 Å². The van der Waals surface area contributed by atoms with E-state index in [1.54, 1.807) is 0 Å². The molecule has 1 rings (SSSR count). The van der Waals surface area contributed by atoms with Crippen LogP contribution in [0.3, 0.4) is 0 Å². The van der Waals surface area contributed by atoms with Crippen molar-refractivity contribution in [3.8, 4) is 0 Å². The number of esters is 1. The highest BCUT2D eigenvalue weighted by molar-refractivity contribution is 7.91. The molecule has 0 heterocycles. The monoisotopic (exact) mass is 319 g/mol. The van der Waals surface area contributed by atoms with Crippen LogP contribution in [0, 0.1) is 10.8 Å². The number of ether oxygens (including phenoxy) is 1. The SMILES string of the molecule is COC(=O)CC1(CS(=O)(=O)CCCCC(C)(C)CN)CC1. The van der Waals surface area contributed by atoms with E-state index in [0.29, 0.717) is 13.0 Å². The molecule has 1 aliphatic rings. The minimum atomic E-state index is -3.09. The van der Waals surface area contributed by atoms with Gasteiger partial charge in [0.1, 0.15) is 0 Å². The van der Waals surface area contributed by atoms with Crippen LogP contribution in [0.25, 0.3) is 0 Å². The van der Waals surface area contributed by atoms with E-state index >= 15 is 0 Å². The molecule has 0 atom stereocenters. The van der Waals surface area contributed by atoms with E-state index in [-0.39, 0.29) is 34.7 Å². The molecule has 21 heavy (non-hydrogen) atoms. The van der Waals surface area contributed by atoms with Gasteiger partial charge in [0, 0.05) is 0 Å².